The second-order valence-electron chi connectivity index (χ2n) is 5.13. The van der Waals surface area contributed by atoms with Gasteiger partial charge in [0, 0.05) is 18.3 Å². The summed E-state index contributed by atoms with van der Waals surface area (Å²) in [5.74, 6) is 1.52. The van der Waals surface area contributed by atoms with Crippen LogP contribution in [0.15, 0.2) is 53.5 Å². The number of rotatable bonds is 8. The molecule has 0 heterocycles. The molecule has 0 radical (unpaired) electrons. The van der Waals surface area contributed by atoms with Crippen LogP contribution >= 0.6 is 24.0 Å². The first-order valence-electron chi connectivity index (χ1n) is 7.77. The van der Waals surface area contributed by atoms with Crippen LogP contribution in [-0.2, 0) is 0 Å². The Morgan fingerprint density at radius 3 is 2.60 bits per heavy atom. The third-order valence-corrected chi connectivity index (χ3v) is 3.26. The van der Waals surface area contributed by atoms with E-state index in [0.717, 1.165) is 24.3 Å². The molecule has 2 rings (SSSR count). The van der Waals surface area contributed by atoms with Crippen molar-refractivity contribution in [3.8, 4) is 11.5 Å². The molecule has 0 unspecified atom stereocenters. The number of halogens is 2. The van der Waals surface area contributed by atoms with Crippen LogP contribution in [0.1, 0.15) is 12.8 Å². The summed E-state index contributed by atoms with van der Waals surface area (Å²) in [7, 11) is 1.62. The van der Waals surface area contributed by atoms with E-state index in [2.05, 4.69) is 10.3 Å². The number of nitrogens with zero attached hydrogens (tertiary/aromatic N) is 1. The number of benzene rings is 2. The van der Waals surface area contributed by atoms with Gasteiger partial charge in [0.1, 0.15) is 17.3 Å². The van der Waals surface area contributed by atoms with Crippen molar-refractivity contribution in [2.75, 3.05) is 25.6 Å². The Morgan fingerprint density at radius 2 is 1.88 bits per heavy atom. The van der Waals surface area contributed by atoms with Crippen molar-refractivity contribution in [2.24, 2.45) is 10.7 Å². The summed E-state index contributed by atoms with van der Waals surface area (Å²) in [6.45, 7) is 1.17. The van der Waals surface area contributed by atoms with Crippen LogP contribution in [-0.4, -0.2) is 26.2 Å². The molecule has 0 fully saturated rings. The van der Waals surface area contributed by atoms with Gasteiger partial charge in [-0.25, -0.2) is 4.39 Å². The molecule has 0 spiro atoms. The molecule has 0 aromatic heterocycles. The molecule has 7 heteroatoms. The molecule has 0 atom stereocenters. The Balaban J connectivity index is 0.00000312. The molecule has 0 amide bonds. The summed E-state index contributed by atoms with van der Waals surface area (Å²) in [6, 6.07) is 13.5. The zero-order valence-corrected chi connectivity index (χ0v) is 16.4. The third kappa shape index (κ3) is 8.06. The van der Waals surface area contributed by atoms with Gasteiger partial charge in [0.25, 0.3) is 0 Å². The molecule has 3 N–H and O–H groups in total. The minimum absolute atomic E-state index is 0. The SMILES string of the molecule is COc1cccc(NC(N)=NCCCCOc2ccc(F)cc2)c1.I. The first-order chi connectivity index (χ1) is 11.7. The molecule has 0 saturated carbocycles. The van der Waals surface area contributed by atoms with E-state index in [4.69, 9.17) is 15.2 Å². The summed E-state index contributed by atoms with van der Waals surface area (Å²) >= 11 is 0. The second-order valence-corrected chi connectivity index (χ2v) is 5.13. The van der Waals surface area contributed by atoms with Crippen molar-refractivity contribution in [1.82, 2.24) is 0 Å². The number of nitrogens with two attached hydrogens (primary N) is 1. The van der Waals surface area contributed by atoms with Crippen LogP contribution in [0.4, 0.5) is 10.1 Å². The average Bonchev–Trinajstić information content (AvgIpc) is 2.59. The second kappa shape index (κ2) is 11.5. The van der Waals surface area contributed by atoms with Gasteiger partial charge in [0.05, 0.1) is 13.7 Å². The van der Waals surface area contributed by atoms with Crippen LogP contribution < -0.4 is 20.5 Å². The Labute approximate surface area is 164 Å². The number of aliphatic imine (C=N–C) groups is 1. The van der Waals surface area contributed by atoms with Crippen LogP contribution in [0, 0.1) is 5.82 Å². The summed E-state index contributed by atoms with van der Waals surface area (Å²) < 4.78 is 23.4. The summed E-state index contributed by atoms with van der Waals surface area (Å²) in [5, 5.41) is 3.02. The molecule has 0 saturated heterocycles. The summed E-state index contributed by atoms with van der Waals surface area (Å²) in [5.41, 5.74) is 6.68. The van der Waals surface area contributed by atoms with Gasteiger partial charge < -0.3 is 20.5 Å². The standard InChI is InChI=1S/C18H22FN3O2.HI/c1-23-17-6-4-5-15(13-17)22-18(20)21-11-2-3-12-24-16-9-7-14(19)8-10-16;/h4-10,13H,2-3,11-12H2,1H3,(H3,20,21,22);1H. The highest BCUT2D eigenvalue weighted by atomic mass is 127. The van der Waals surface area contributed by atoms with Gasteiger partial charge in [0.2, 0.25) is 0 Å². The number of hydrogen-bond donors (Lipinski definition) is 2. The predicted molar refractivity (Wildman–Crippen MR) is 110 cm³/mol. The van der Waals surface area contributed by atoms with Crippen LogP contribution in [0.3, 0.4) is 0 Å². The zero-order chi connectivity index (χ0) is 17.2. The lowest BCUT2D eigenvalue weighted by atomic mass is 10.3. The molecule has 25 heavy (non-hydrogen) atoms. The minimum Gasteiger partial charge on any atom is -0.497 e. The van der Waals surface area contributed by atoms with Crippen LogP contribution in [0.25, 0.3) is 0 Å². The van der Waals surface area contributed by atoms with Crippen LogP contribution in [0.5, 0.6) is 11.5 Å². The number of anilines is 1. The number of ether oxygens (including phenoxy) is 2. The van der Waals surface area contributed by atoms with Crippen molar-refractivity contribution < 1.29 is 13.9 Å². The van der Waals surface area contributed by atoms with Gasteiger partial charge in [-0.05, 0) is 49.2 Å². The lowest BCUT2D eigenvalue weighted by molar-refractivity contribution is 0.307. The molecule has 136 valence electrons. The van der Waals surface area contributed by atoms with Gasteiger partial charge in [0.15, 0.2) is 5.96 Å². The van der Waals surface area contributed by atoms with E-state index >= 15 is 0 Å². The Morgan fingerprint density at radius 1 is 1.12 bits per heavy atom. The van der Waals surface area contributed by atoms with Gasteiger partial charge in [-0.1, -0.05) is 6.07 Å². The monoisotopic (exact) mass is 459 g/mol. The molecule has 2 aromatic carbocycles. The highest BCUT2D eigenvalue weighted by molar-refractivity contribution is 14.0. The molecule has 2 aromatic rings. The Hall–Kier alpha value is -2.03. The number of hydrogen-bond acceptors (Lipinski definition) is 3. The third-order valence-electron chi connectivity index (χ3n) is 3.26. The van der Waals surface area contributed by atoms with E-state index < -0.39 is 0 Å². The highest BCUT2D eigenvalue weighted by Crippen LogP contribution is 2.16. The fraction of sp³-hybridized carbons (Fsp3) is 0.278. The first-order valence-corrected chi connectivity index (χ1v) is 7.77. The quantitative estimate of drug-likeness (QED) is 0.271. The summed E-state index contributed by atoms with van der Waals surface area (Å²) in [4.78, 5) is 4.27. The van der Waals surface area contributed by atoms with E-state index in [9.17, 15) is 4.39 Å². The average molecular weight is 459 g/mol. The zero-order valence-electron chi connectivity index (χ0n) is 14.1. The van der Waals surface area contributed by atoms with E-state index in [1.165, 1.54) is 12.1 Å². The van der Waals surface area contributed by atoms with E-state index in [1.54, 1.807) is 19.2 Å². The lowest BCUT2D eigenvalue weighted by Gasteiger charge is -2.07. The molecular formula is C18H23FIN3O2. The van der Waals surface area contributed by atoms with Gasteiger partial charge in [-0.15, -0.1) is 24.0 Å². The van der Waals surface area contributed by atoms with Gasteiger partial charge in [-0.3, -0.25) is 4.99 Å². The van der Waals surface area contributed by atoms with Gasteiger partial charge in [-0.2, -0.15) is 0 Å². The number of methoxy groups -OCH3 is 1. The minimum atomic E-state index is -0.268. The molecule has 0 bridgehead atoms. The smallest absolute Gasteiger partial charge is 0.193 e. The fourth-order valence-corrected chi connectivity index (χ4v) is 2.02. The summed E-state index contributed by atoms with van der Waals surface area (Å²) in [6.07, 6.45) is 1.69. The molecular weight excluding hydrogens is 436 g/mol. The van der Waals surface area contributed by atoms with Crippen molar-refractivity contribution in [3.05, 3.63) is 54.3 Å². The number of nitrogens with one attached hydrogen (secondary N) is 1. The van der Waals surface area contributed by atoms with Crippen molar-refractivity contribution in [2.45, 2.75) is 12.8 Å². The highest BCUT2D eigenvalue weighted by Gasteiger charge is 1.98. The van der Waals surface area contributed by atoms with Gasteiger partial charge >= 0.3 is 0 Å². The van der Waals surface area contributed by atoms with E-state index in [0.29, 0.717) is 24.9 Å². The van der Waals surface area contributed by atoms with E-state index in [1.807, 2.05) is 24.3 Å². The molecule has 0 aliphatic rings. The largest absolute Gasteiger partial charge is 0.497 e. The fourth-order valence-electron chi connectivity index (χ4n) is 2.02. The topological polar surface area (TPSA) is 68.9 Å². The maximum absolute atomic E-state index is 12.8. The first kappa shape index (κ1) is 21.0. The number of unbranched alkanes of at least 4 members (excludes halogenated alkanes) is 1. The molecule has 0 aliphatic carbocycles. The maximum Gasteiger partial charge on any atom is 0.193 e. The maximum atomic E-state index is 12.8. The molecule has 0 aliphatic heterocycles. The Kier molecular flexibility index (Phi) is 9.68. The number of guanidine groups is 1. The normalized spacial score (nSPS) is 10.7. The van der Waals surface area contributed by atoms with Crippen molar-refractivity contribution in [3.63, 3.8) is 0 Å². The Bertz CT molecular complexity index is 666. The lowest BCUT2D eigenvalue weighted by Crippen LogP contribution is -2.22. The predicted octanol–water partition coefficient (Wildman–Crippen LogP) is 4.04. The van der Waals surface area contributed by atoms with Crippen LogP contribution in [0.2, 0.25) is 0 Å². The van der Waals surface area contributed by atoms with Crippen molar-refractivity contribution in [1.29, 1.82) is 0 Å². The van der Waals surface area contributed by atoms with E-state index in [-0.39, 0.29) is 29.8 Å². The van der Waals surface area contributed by atoms with Crippen molar-refractivity contribution >= 4 is 35.6 Å². The molecule has 5 nitrogen and oxygen atoms in total.